The SMILES string of the molecule is CCCCOc1ccc([C@@H](CC(=O)NC)C(=O)[O-])cc1. The van der Waals surface area contributed by atoms with Crippen LogP contribution in [0, 0.1) is 0 Å². The van der Waals surface area contributed by atoms with E-state index in [4.69, 9.17) is 4.74 Å². The van der Waals surface area contributed by atoms with Gasteiger partial charge in [-0.1, -0.05) is 25.5 Å². The largest absolute Gasteiger partial charge is 0.549 e. The van der Waals surface area contributed by atoms with Crippen molar-refractivity contribution in [1.29, 1.82) is 0 Å². The first-order valence-electron chi connectivity index (χ1n) is 6.72. The number of unbranched alkanes of at least 4 members (excludes halogenated alkanes) is 1. The van der Waals surface area contributed by atoms with Crippen LogP contribution in [0.15, 0.2) is 24.3 Å². The molecule has 0 radical (unpaired) electrons. The summed E-state index contributed by atoms with van der Waals surface area (Å²) in [5, 5.41) is 13.5. The topological polar surface area (TPSA) is 78.5 Å². The number of aliphatic carboxylic acids is 1. The minimum atomic E-state index is -1.26. The molecule has 110 valence electrons. The van der Waals surface area contributed by atoms with Gasteiger partial charge >= 0.3 is 0 Å². The summed E-state index contributed by atoms with van der Waals surface area (Å²) >= 11 is 0. The fraction of sp³-hybridized carbons (Fsp3) is 0.467. The summed E-state index contributed by atoms with van der Waals surface area (Å²) in [6.07, 6.45) is 1.89. The Hall–Kier alpha value is -2.04. The van der Waals surface area contributed by atoms with Gasteiger partial charge in [0, 0.05) is 25.4 Å². The summed E-state index contributed by atoms with van der Waals surface area (Å²) in [7, 11) is 1.47. The quantitative estimate of drug-likeness (QED) is 0.715. The van der Waals surface area contributed by atoms with Gasteiger partial charge in [0.1, 0.15) is 5.75 Å². The number of carboxylic acids is 1. The lowest BCUT2D eigenvalue weighted by Crippen LogP contribution is -2.33. The second-order valence-electron chi connectivity index (χ2n) is 4.52. The first kappa shape index (κ1) is 16.0. The third-order valence-electron chi connectivity index (χ3n) is 3.00. The van der Waals surface area contributed by atoms with Crippen LogP contribution in [0.1, 0.15) is 37.7 Å². The molecule has 0 saturated carbocycles. The maximum absolute atomic E-state index is 11.3. The first-order valence-corrected chi connectivity index (χ1v) is 6.72. The molecule has 0 spiro atoms. The summed E-state index contributed by atoms with van der Waals surface area (Å²) in [5.74, 6) is -1.84. The van der Waals surface area contributed by atoms with E-state index in [1.165, 1.54) is 7.05 Å². The lowest BCUT2D eigenvalue weighted by atomic mass is 9.95. The van der Waals surface area contributed by atoms with E-state index in [2.05, 4.69) is 12.2 Å². The maximum Gasteiger partial charge on any atom is 0.220 e. The van der Waals surface area contributed by atoms with Crippen molar-refractivity contribution in [2.75, 3.05) is 13.7 Å². The number of hydrogen-bond acceptors (Lipinski definition) is 4. The molecule has 0 bridgehead atoms. The number of carboxylic acid groups (broad SMARTS) is 1. The van der Waals surface area contributed by atoms with Crippen molar-refractivity contribution in [1.82, 2.24) is 5.32 Å². The van der Waals surface area contributed by atoms with Crippen LogP contribution in [0.25, 0.3) is 0 Å². The summed E-state index contributed by atoms with van der Waals surface area (Å²) in [4.78, 5) is 22.4. The fourth-order valence-electron chi connectivity index (χ4n) is 1.76. The summed E-state index contributed by atoms with van der Waals surface area (Å²) in [6.45, 7) is 2.72. The number of nitrogens with one attached hydrogen (secondary N) is 1. The van der Waals surface area contributed by atoms with Crippen LogP contribution in [0.2, 0.25) is 0 Å². The predicted molar refractivity (Wildman–Crippen MR) is 73.3 cm³/mol. The average Bonchev–Trinajstić information content (AvgIpc) is 2.45. The molecule has 0 unspecified atom stereocenters. The zero-order chi connectivity index (χ0) is 15.0. The van der Waals surface area contributed by atoms with Crippen molar-refractivity contribution < 1.29 is 19.4 Å². The molecule has 0 heterocycles. The molecule has 5 nitrogen and oxygen atoms in total. The lowest BCUT2D eigenvalue weighted by Gasteiger charge is -2.18. The fourth-order valence-corrected chi connectivity index (χ4v) is 1.76. The number of benzene rings is 1. The van der Waals surface area contributed by atoms with Crippen LogP contribution in [0.4, 0.5) is 0 Å². The molecule has 1 N–H and O–H groups in total. The molecule has 0 aromatic heterocycles. The van der Waals surface area contributed by atoms with Gasteiger partial charge < -0.3 is 20.0 Å². The molecule has 1 aromatic rings. The van der Waals surface area contributed by atoms with Crippen molar-refractivity contribution in [3.8, 4) is 5.75 Å². The highest BCUT2D eigenvalue weighted by molar-refractivity contribution is 5.84. The van der Waals surface area contributed by atoms with Gasteiger partial charge in [-0.15, -0.1) is 0 Å². The molecule has 1 aromatic carbocycles. The zero-order valence-electron chi connectivity index (χ0n) is 11.8. The number of carbonyl (C=O) groups excluding carboxylic acids is 2. The van der Waals surface area contributed by atoms with E-state index < -0.39 is 11.9 Å². The van der Waals surface area contributed by atoms with Gasteiger partial charge in [-0.2, -0.15) is 0 Å². The van der Waals surface area contributed by atoms with Gasteiger partial charge in [-0.3, -0.25) is 4.79 Å². The Kier molecular flexibility index (Phi) is 6.56. The average molecular weight is 278 g/mol. The van der Waals surface area contributed by atoms with Gasteiger partial charge in [-0.25, -0.2) is 0 Å². The third kappa shape index (κ3) is 4.91. The Labute approximate surface area is 118 Å². The van der Waals surface area contributed by atoms with E-state index in [9.17, 15) is 14.7 Å². The van der Waals surface area contributed by atoms with Gasteiger partial charge in [0.15, 0.2) is 0 Å². The number of hydrogen-bond donors (Lipinski definition) is 1. The van der Waals surface area contributed by atoms with Crippen LogP contribution >= 0.6 is 0 Å². The molecule has 5 heteroatoms. The molecule has 0 aliphatic heterocycles. The first-order chi connectivity index (χ1) is 9.58. The molecule has 0 aliphatic rings. The Bertz CT molecular complexity index is 442. The molecule has 0 saturated heterocycles. The predicted octanol–water partition coefficient (Wildman–Crippen LogP) is 0.835. The lowest BCUT2D eigenvalue weighted by molar-refractivity contribution is -0.308. The van der Waals surface area contributed by atoms with Crippen molar-refractivity contribution in [2.24, 2.45) is 0 Å². The molecule has 1 atom stereocenters. The number of rotatable bonds is 8. The standard InChI is InChI=1S/C15H21NO4/c1-3-4-9-20-12-7-5-11(6-8-12)13(15(18)19)10-14(17)16-2/h5-8,13H,3-4,9-10H2,1-2H3,(H,16,17)(H,18,19)/p-1/t13-/m1/s1. The van der Waals surface area contributed by atoms with E-state index in [-0.39, 0.29) is 12.3 Å². The molecule has 20 heavy (non-hydrogen) atoms. The van der Waals surface area contributed by atoms with Gasteiger partial charge in [0.05, 0.1) is 6.61 Å². The monoisotopic (exact) mass is 278 g/mol. The Balaban J connectivity index is 2.72. The summed E-state index contributed by atoms with van der Waals surface area (Å²) < 4.78 is 5.50. The van der Waals surface area contributed by atoms with Crippen molar-refractivity contribution in [3.63, 3.8) is 0 Å². The van der Waals surface area contributed by atoms with Gasteiger partial charge in [0.25, 0.3) is 0 Å². The molecule has 0 aliphatic carbocycles. The molecular formula is C15H20NO4-. The molecule has 0 fully saturated rings. The second-order valence-corrected chi connectivity index (χ2v) is 4.52. The van der Waals surface area contributed by atoms with Gasteiger partial charge in [-0.05, 0) is 24.1 Å². The Morgan fingerprint density at radius 1 is 1.30 bits per heavy atom. The molecule has 1 rings (SSSR count). The van der Waals surface area contributed by atoms with E-state index in [0.717, 1.165) is 12.8 Å². The Morgan fingerprint density at radius 2 is 1.95 bits per heavy atom. The smallest absolute Gasteiger partial charge is 0.220 e. The van der Waals surface area contributed by atoms with E-state index in [1.54, 1.807) is 24.3 Å². The van der Waals surface area contributed by atoms with Gasteiger partial charge in [0.2, 0.25) is 5.91 Å². The van der Waals surface area contributed by atoms with Crippen LogP contribution in [0.3, 0.4) is 0 Å². The highest BCUT2D eigenvalue weighted by atomic mass is 16.5. The number of amides is 1. The minimum absolute atomic E-state index is 0.130. The number of carbonyl (C=O) groups is 2. The highest BCUT2D eigenvalue weighted by Gasteiger charge is 2.16. The maximum atomic E-state index is 11.3. The van der Waals surface area contributed by atoms with Crippen molar-refractivity contribution in [3.05, 3.63) is 29.8 Å². The number of ether oxygens (including phenoxy) is 1. The summed E-state index contributed by atoms with van der Waals surface area (Å²) in [6, 6.07) is 6.74. The second kappa shape index (κ2) is 8.19. The minimum Gasteiger partial charge on any atom is -0.549 e. The van der Waals surface area contributed by atoms with E-state index >= 15 is 0 Å². The zero-order valence-corrected chi connectivity index (χ0v) is 11.8. The summed E-state index contributed by atoms with van der Waals surface area (Å²) in [5.41, 5.74) is 0.538. The Morgan fingerprint density at radius 3 is 2.45 bits per heavy atom. The molecule has 1 amide bonds. The van der Waals surface area contributed by atoms with Crippen molar-refractivity contribution >= 4 is 11.9 Å². The van der Waals surface area contributed by atoms with Crippen LogP contribution in [-0.2, 0) is 9.59 Å². The van der Waals surface area contributed by atoms with E-state index in [1.807, 2.05) is 0 Å². The molecular weight excluding hydrogens is 258 g/mol. The highest BCUT2D eigenvalue weighted by Crippen LogP contribution is 2.22. The van der Waals surface area contributed by atoms with Crippen LogP contribution in [-0.4, -0.2) is 25.5 Å². The normalized spacial score (nSPS) is 11.7. The van der Waals surface area contributed by atoms with Crippen LogP contribution < -0.4 is 15.2 Å². The van der Waals surface area contributed by atoms with Crippen LogP contribution in [0.5, 0.6) is 5.75 Å². The third-order valence-corrected chi connectivity index (χ3v) is 3.00. The van der Waals surface area contributed by atoms with Crippen molar-refractivity contribution in [2.45, 2.75) is 32.1 Å². The van der Waals surface area contributed by atoms with E-state index in [0.29, 0.717) is 17.9 Å².